The van der Waals surface area contributed by atoms with Crippen molar-refractivity contribution in [1.29, 1.82) is 0 Å². The number of fused-ring (bicyclic) bond motifs is 2. The van der Waals surface area contributed by atoms with Gasteiger partial charge in [0.2, 0.25) is 0 Å². The van der Waals surface area contributed by atoms with Gasteiger partial charge in [-0.25, -0.2) is 23.6 Å². The van der Waals surface area contributed by atoms with Crippen molar-refractivity contribution in [2.75, 3.05) is 12.0 Å². The van der Waals surface area contributed by atoms with Gasteiger partial charge in [-0.15, -0.1) is 0 Å². The van der Waals surface area contributed by atoms with E-state index in [1.807, 2.05) is 6.92 Å². The lowest BCUT2D eigenvalue weighted by atomic mass is 10.1. The van der Waals surface area contributed by atoms with Gasteiger partial charge in [-0.05, 0) is 48.9 Å². The van der Waals surface area contributed by atoms with Gasteiger partial charge in [-0.2, -0.15) is 10.2 Å². The van der Waals surface area contributed by atoms with Gasteiger partial charge in [0.1, 0.15) is 41.5 Å². The molecule has 11 nitrogen and oxygen atoms in total. The number of hydrogen-bond donors (Lipinski definition) is 2. The van der Waals surface area contributed by atoms with E-state index in [0.717, 1.165) is 11.6 Å². The van der Waals surface area contributed by atoms with Crippen molar-refractivity contribution >= 4 is 33.2 Å². The molecule has 196 valence electrons. The number of phenolic OH excluding ortho intramolecular Hbond substituents is 1. The van der Waals surface area contributed by atoms with E-state index in [1.54, 1.807) is 42.8 Å². The highest BCUT2D eigenvalue weighted by Gasteiger charge is 2.22. The van der Waals surface area contributed by atoms with Gasteiger partial charge in [0.25, 0.3) is 5.56 Å². The molecule has 6 aromatic rings. The van der Waals surface area contributed by atoms with Crippen LogP contribution < -0.4 is 11.3 Å². The van der Waals surface area contributed by atoms with Crippen LogP contribution in [-0.2, 0) is 17.3 Å². The van der Waals surface area contributed by atoms with Crippen molar-refractivity contribution in [3.05, 3.63) is 88.6 Å². The molecule has 6 rings (SSSR count). The van der Waals surface area contributed by atoms with Crippen molar-refractivity contribution in [1.82, 2.24) is 33.9 Å². The van der Waals surface area contributed by atoms with Crippen molar-refractivity contribution in [2.45, 2.75) is 18.4 Å². The molecular weight excluding hydrogens is 523 g/mol. The van der Waals surface area contributed by atoms with Crippen LogP contribution in [0.15, 0.2) is 70.7 Å². The van der Waals surface area contributed by atoms with Gasteiger partial charge < -0.3 is 10.8 Å². The second-order valence-electron chi connectivity index (χ2n) is 8.96. The number of hydrogen-bond acceptors (Lipinski definition) is 8. The van der Waals surface area contributed by atoms with Crippen LogP contribution in [0.3, 0.4) is 0 Å². The topological polar surface area (TPSA) is 146 Å². The summed E-state index contributed by atoms with van der Waals surface area (Å²) in [4.78, 5) is 22.8. The number of phenols is 1. The lowest BCUT2D eigenvalue weighted by molar-refractivity contribution is 0.469. The van der Waals surface area contributed by atoms with E-state index in [9.17, 15) is 18.5 Å². The number of nitrogen functional groups attached to an aromatic ring is 1. The Hall–Kier alpha value is -4.91. The highest BCUT2D eigenvalue weighted by atomic mass is 32.2. The Morgan fingerprint density at radius 3 is 2.69 bits per heavy atom. The average molecular weight is 545 g/mol. The second kappa shape index (κ2) is 9.13. The Morgan fingerprint density at radius 2 is 1.92 bits per heavy atom. The molecule has 0 aliphatic rings. The molecule has 2 aromatic carbocycles. The van der Waals surface area contributed by atoms with Gasteiger partial charge in [-0.3, -0.25) is 13.6 Å². The molecule has 0 saturated heterocycles. The number of halogens is 1. The number of nitrogens with zero attached hydrogens (tertiary/aromatic N) is 7. The SMILES string of the molecule is Cc1ccn2nc(Cn3nc(-c4cc(O)cc(F)c4)c4c(N)ncnc43)n(-c3cccc(S(C)=O)c3)c(=O)c12. The van der Waals surface area contributed by atoms with Crippen LogP contribution >= 0.6 is 0 Å². The standard InChI is InChI=1S/C26H21FN8O3S/c1-14-6-7-33-23(14)26(37)35(17-4-3-5-19(11-17)39(2)38)20(31-33)12-34-25-21(24(28)29-13-30-25)22(32-34)15-8-16(27)10-18(36)9-15/h3-11,13,36H,12H2,1-2H3,(H2,28,29,30). The molecule has 1 unspecified atom stereocenters. The van der Waals surface area contributed by atoms with Crippen LogP contribution in [-0.4, -0.2) is 49.5 Å². The Bertz CT molecular complexity index is 1990. The average Bonchev–Trinajstić information content (AvgIpc) is 3.45. The summed E-state index contributed by atoms with van der Waals surface area (Å²) in [6.45, 7) is 1.79. The van der Waals surface area contributed by atoms with Crippen LogP contribution in [0.4, 0.5) is 10.2 Å². The van der Waals surface area contributed by atoms with Crippen LogP contribution in [0.25, 0.3) is 33.5 Å². The van der Waals surface area contributed by atoms with Gasteiger partial charge >= 0.3 is 0 Å². The highest BCUT2D eigenvalue weighted by Crippen LogP contribution is 2.32. The molecule has 0 fully saturated rings. The van der Waals surface area contributed by atoms with E-state index >= 15 is 0 Å². The summed E-state index contributed by atoms with van der Waals surface area (Å²) in [5, 5.41) is 19.7. The third-order valence-corrected chi connectivity index (χ3v) is 7.29. The molecule has 1 atom stereocenters. The monoisotopic (exact) mass is 544 g/mol. The van der Waals surface area contributed by atoms with E-state index in [1.165, 1.54) is 32.2 Å². The molecule has 13 heteroatoms. The molecule has 4 heterocycles. The fourth-order valence-electron chi connectivity index (χ4n) is 4.62. The molecule has 3 N–H and O–H groups in total. The highest BCUT2D eigenvalue weighted by molar-refractivity contribution is 7.84. The Morgan fingerprint density at radius 1 is 1.10 bits per heavy atom. The van der Waals surface area contributed by atoms with E-state index in [2.05, 4.69) is 15.1 Å². The summed E-state index contributed by atoms with van der Waals surface area (Å²) in [5.74, 6) is -0.511. The zero-order valence-electron chi connectivity index (χ0n) is 20.7. The van der Waals surface area contributed by atoms with Crippen molar-refractivity contribution in [3.8, 4) is 22.7 Å². The zero-order chi connectivity index (χ0) is 27.4. The summed E-state index contributed by atoms with van der Waals surface area (Å²) in [6.07, 6.45) is 4.54. The zero-order valence-corrected chi connectivity index (χ0v) is 21.6. The first kappa shape index (κ1) is 24.4. The molecule has 0 aliphatic heterocycles. The number of aryl methyl sites for hydroxylation is 1. The third kappa shape index (κ3) is 4.12. The number of aromatic hydroxyl groups is 1. The Kier molecular flexibility index (Phi) is 5.72. The maximum atomic E-state index is 14.2. The van der Waals surface area contributed by atoms with Crippen LogP contribution in [0.2, 0.25) is 0 Å². The van der Waals surface area contributed by atoms with Crippen LogP contribution in [0.1, 0.15) is 11.4 Å². The third-order valence-electron chi connectivity index (χ3n) is 6.37. The number of aromatic nitrogens is 7. The number of anilines is 1. The largest absolute Gasteiger partial charge is 0.508 e. The minimum Gasteiger partial charge on any atom is -0.508 e. The molecule has 0 radical (unpaired) electrons. The minimum atomic E-state index is -1.27. The molecule has 39 heavy (non-hydrogen) atoms. The molecule has 4 aromatic heterocycles. The second-order valence-corrected chi connectivity index (χ2v) is 10.3. The molecular formula is C26H21FN8O3S. The molecule has 0 saturated carbocycles. The normalized spacial score (nSPS) is 12.4. The fraction of sp³-hybridized carbons (Fsp3) is 0.115. The predicted molar refractivity (Wildman–Crippen MR) is 144 cm³/mol. The molecule has 0 aliphatic carbocycles. The lowest BCUT2D eigenvalue weighted by Crippen LogP contribution is -2.28. The summed E-state index contributed by atoms with van der Waals surface area (Å²) >= 11 is 0. The summed E-state index contributed by atoms with van der Waals surface area (Å²) < 4.78 is 30.8. The predicted octanol–water partition coefficient (Wildman–Crippen LogP) is 2.81. The van der Waals surface area contributed by atoms with E-state index < -0.39 is 16.6 Å². The van der Waals surface area contributed by atoms with Crippen LogP contribution in [0.5, 0.6) is 5.75 Å². The minimum absolute atomic E-state index is 0.0316. The first-order chi connectivity index (χ1) is 18.7. The quantitative estimate of drug-likeness (QED) is 0.337. The van der Waals surface area contributed by atoms with Gasteiger partial charge in [0.15, 0.2) is 11.5 Å². The Labute approximate surface area is 222 Å². The molecule has 0 bridgehead atoms. The number of rotatable bonds is 5. The van der Waals surface area contributed by atoms with E-state index in [4.69, 9.17) is 10.8 Å². The Balaban J connectivity index is 1.60. The smallest absolute Gasteiger partial charge is 0.282 e. The maximum absolute atomic E-state index is 14.2. The summed E-state index contributed by atoms with van der Waals surface area (Å²) in [7, 11) is -1.27. The molecule has 0 spiro atoms. The summed E-state index contributed by atoms with van der Waals surface area (Å²) in [5.41, 5.74) is 8.36. The van der Waals surface area contributed by atoms with E-state index in [0.29, 0.717) is 33.0 Å². The lowest BCUT2D eigenvalue weighted by Gasteiger charge is -2.14. The first-order valence-electron chi connectivity index (χ1n) is 11.7. The number of benzene rings is 2. The summed E-state index contributed by atoms with van der Waals surface area (Å²) in [6, 6.07) is 12.2. The van der Waals surface area contributed by atoms with Gasteiger partial charge in [0.05, 0.1) is 11.1 Å². The number of nitrogens with two attached hydrogens (primary N) is 1. The van der Waals surface area contributed by atoms with E-state index in [-0.39, 0.29) is 34.9 Å². The first-order valence-corrected chi connectivity index (χ1v) is 13.3. The van der Waals surface area contributed by atoms with Crippen molar-refractivity contribution < 1.29 is 13.7 Å². The van der Waals surface area contributed by atoms with Crippen LogP contribution in [0, 0.1) is 12.7 Å². The fourth-order valence-corrected chi connectivity index (χ4v) is 5.17. The van der Waals surface area contributed by atoms with Crippen molar-refractivity contribution in [3.63, 3.8) is 0 Å². The van der Waals surface area contributed by atoms with Gasteiger partial charge in [0, 0.05) is 39.8 Å². The van der Waals surface area contributed by atoms with Crippen molar-refractivity contribution in [2.24, 2.45) is 0 Å². The molecule has 0 amide bonds. The maximum Gasteiger partial charge on any atom is 0.282 e. The van der Waals surface area contributed by atoms with Gasteiger partial charge in [-0.1, -0.05) is 6.07 Å².